The van der Waals surface area contributed by atoms with Crippen LogP contribution in [0.2, 0.25) is 0 Å². The van der Waals surface area contributed by atoms with Gasteiger partial charge in [0.25, 0.3) is 5.91 Å². The van der Waals surface area contributed by atoms with Gasteiger partial charge in [-0.05, 0) is 45.0 Å². The highest BCUT2D eigenvalue weighted by atomic mass is 16.2. The van der Waals surface area contributed by atoms with Crippen LogP contribution in [0.3, 0.4) is 0 Å². The van der Waals surface area contributed by atoms with E-state index in [4.69, 9.17) is 0 Å². The molecule has 0 aliphatic rings. The summed E-state index contributed by atoms with van der Waals surface area (Å²) in [6.07, 6.45) is 0.224. The molecule has 7 heteroatoms. The standard InChI is InChI=1S/C16H24N4O3/c1-4-17-15(22)12-5-7-13(8-6-12)20-16(23)18-10-9-14(21)19-11(2)3/h5-8,11H,4,9-10H2,1-3H3,(H,17,22)(H,19,21)(H2,18,20,23). The van der Waals surface area contributed by atoms with Gasteiger partial charge in [-0.3, -0.25) is 9.59 Å². The van der Waals surface area contributed by atoms with Gasteiger partial charge in [-0.15, -0.1) is 0 Å². The highest BCUT2D eigenvalue weighted by molar-refractivity contribution is 5.95. The fourth-order valence-corrected chi connectivity index (χ4v) is 1.83. The summed E-state index contributed by atoms with van der Waals surface area (Å²) in [5.41, 5.74) is 1.10. The van der Waals surface area contributed by atoms with E-state index < -0.39 is 6.03 Å². The first-order valence-electron chi connectivity index (χ1n) is 7.64. The first-order valence-corrected chi connectivity index (χ1v) is 7.64. The van der Waals surface area contributed by atoms with Crippen molar-refractivity contribution in [3.05, 3.63) is 29.8 Å². The third-order valence-electron chi connectivity index (χ3n) is 2.83. The van der Waals surface area contributed by atoms with Gasteiger partial charge in [-0.2, -0.15) is 0 Å². The third kappa shape index (κ3) is 7.30. The molecule has 1 rings (SSSR count). The Morgan fingerprint density at radius 3 is 2.26 bits per heavy atom. The number of benzene rings is 1. The van der Waals surface area contributed by atoms with Gasteiger partial charge in [0.15, 0.2) is 0 Å². The average molecular weight is 320 g/mol. The number of nitrogens with one attached hydrogen (secondary N) is 4. The predicted molar refractivity (Wildman–Crippen MR) is 89.4 cm³/mol. The van der Waals surface area contributed by atoms with Gasteiger partial charge in [-0.1, -0.05) is 0 Å². The molecule has 0 radical (unpaired) electrons. The molecule has 0 atom stereocenters. The molecular weight excluding hydrogens is 296 g/mol. The lowest BCUT2D eigenvalue weighted by Gasteiger charge is -2.10. The number of hydrogen-bond acceptors (Lipinski definition) is 3. The molecule has 7 nitrogen and oxygen atoms in total. The summed E-state index contributed by atoms with van der Waals surface area (Å²) in [7, 11) is 0. The Labute approximate surface area is 136 Å². The lowest BCUT2D eigenvalue weighted by Crippen LogP contribution is -2.35. The number of rotatable bonds is 7. The Kier molecular flexibility index (Phi) is 7.59. The first kappa shape index (κ1) is 18.5. The summed E-state index contributed by atoms with van der Waals surface area (Å²) >= 11 is 0. The zero-order valence-electron chi connectivity index (χ0n) is 13.7. The van der Waals surface area contributed by atoms with E-state index in [-0.39, 0.29) is 30.8 Å². The van der Waals surface area contributed by atoms with E-state index in [2.05, 4.69) is 21.3 Å². The normalized spacial score (nSPS) is 10.1. The van der Waals surface area contributed by atoms with E-state index in [0.717, 1.165) is 0 Å². The van der Waals surface area contributed by atoms with Crippen LogP contribution in [-0.4, -0.2) is 37.0 Å². The largest absolute Gasteiger partial charge is 0.354 e. The van der Waals surface area contributed by atoms with Gasteiger partial charge in [0, 0.05) is 36.8 Å². The molecule has 0 fully saturated rings. The maximum absolute atomic E-state index is 11.7. The zero-order valence-corrected chi connectivity index (χ0v) is 13.7. The minimum atomic E-state index is -0.395. The molecule has 4 N–H and O–H groups in total. The second-order valence-corrected chi connectivity index (χ2v) is 5.29. The van der Waals surface area contributed by atoms with Gasteiger partial charge < -0.3 is 21.3 Å². The van der Waals surface area contributed by atoms with E-state index in [1.165, 1.54) is 0 Å². The highest BCUT2D eigenvalue weighted by Gasteiger charge is 2.07. The van der Waals surface area contributed by atoms with E-state index in [9.17, 15) is 14.4 Å². The maximum atomic E-state index is 11.7. The molecule has 23 heavy (non-hydrogen) atoms. The molecule has 0 saturated carbocycles. The van der Waals surface area contributed by atoms with E-state index in [1.54, 1.807) is 24.3 Å². The molecule has 0 aromatic heterocycles. The smallest absolute Gasteiger partial charge is 0.319 e. The summed E-state index contributed by atoms with van der Waals surface area (Å²) in [5, 5.41) is 10.7. The fourth-order valence-electron chi connectivity index (χ4n) is 1.83. The van der Waals surface area contributed by atoms with Crippen LogP contribution in [0.1, 0.15) is 37.6 Å². The molecule has 0 bridgehead atoms. The minimum absolute atomic E-state index is 0.0831. The minimum Gasteiger partial charge on any atom is -0.354 e. The van der Waals surface area contributed by atoms with Gasteiger partial charge >= 0.3 is 6.03 Å². The van der Waals surface area contributed by atoms with Crippen molar-refractivity contribution < 1.29 is 14.4 Å². The lowest BCUT2D eigenvalue weighted by molar-refractivity contribution is -0.121. The molecule has 1 aromatic rings. The Morgan fingerprint density at radius 2 is 1.70 bits per heavy atom. The van der Waals surface area contributed by atoms with E-state index in [1.807, 2.05) is 20.8 Å². The van der Waals surface area contributed by atoms with Crippen molar-refractivity contribution in [3.8, 4) is 0 Å². The lowest BCUT2D eigenvalue weighted by atomic mass is 10.2. The van der Waals surface area contributed by atoms with Crippen LogP contribution in [0.15, 0.2) is 24.3 Å². The summed E-state index contributed by atoms with van der Waals surface area (Å²) in [6, 6.07) is 6.26. The van der Waals surface area contributed by atoms with Crippen LogP contribution >= 0.6 is 0 Å². The monoisotopic (exact) mass is 320 g/mol. The molecule has 0 unspecified atom stereocenters. The highest BCUT2D eigenvalue weighted by Crippen LogP contribution is 2.09. The van der Waals surface area contributed by atoms with Gasteiger partial charge in [-0.25, -0.2) is 4.79 Å². The molecule has 0 heterocycles. The summed E-state index contributed by atoms with van der Waals surface area (Å²) in [6.45, 7) is 6.41. The molecule has 0 aliphatic carbocycles. The first-order chi connectivity index (χ1) is 10.9. The molecule has 0 spiro atoms. The van der Waals surface area contributed by atoms with Gasteiger partial charge in [0.2, 0.25) is 5.91 Å². The van der Waals surface area contributed by atoms with Crippen LogP contribution in [0.25, 0.3) is 0 Å². The number of urea groups is 1. The SMILES string of the molecule is CCNC(=O)c1ccc(NC(=O)NCCC(=O)NC(C)C)cc1. The summed E-state index contributed by atoms with van der Waals surface area (Å²) in [5.74, 6) is -0.258. The number of anilines is 1. The molecular formula is C16H24N4O3. The van der Waals surface area contributed by atoms with Crippen molar-refractivity contribution in [2.24, 2.45) is 0 Å². The average Bonchev–Trinajstić information content (AvgIpc) is 2.47. The molecule has 126 valence electrons. The van der Waals surface area contributed by atoms with Crippen molar-refractivity contribution in [1.29, 1.82) is 0 Å². The molecule has 1 aromatic carbocycles. The number of carbonyl (C=O) groups excluding carboxylic acids is 3. The van der Waals surface area contributed by atoms with Crippen LogP contribution in [0.4, 0.5) is 10.5 Å². The molecule has 4 amide bonds. The fraction of sp³-hybridized carbons (Fsp3) is 0.438. The molecule has 0 saturated heterocycles. The Morgan fingerprint density at radius 1 is 1.04 bits per heavy atom. The van der Waals surface area contributed by atoms with Crippen LogP contribution in [-0.2, 0) is 4.79 Å². The van der Waals surface area contributed by atoms with E-state index in [0.29, 0.717) is 17.8 Å². The third-order valence-corrected chi connectivity index (χ3v) is 2.83. The number of amides is 4. The Balaban J connectivity index is 2.37. The van der Waals surface area contributed by atoms with Crippen molar-refractivity contribution in [1.82, 2.24) is 16.0 Å². The Hall–Kier alpha value is -2.57. The van der Waals surface area contributed by atoms with Crippen molar-refractivity contribution in [2.45, 2.75) is 33.2 Å². The van der Waals surface area contributed by atoms with Crippen LogP contribution in [0.5, 0.6) is 0 Å². The quantitative estimate of drug-likeness (QED) is 0.612. The predicted octanol–water partition coefficient (Wildman–Crippen LogP) is 1.47. The van der Waals surface area contributed by atoms with Crippen LogP contribution < -0.4 is 21.3 Å². The second-order valence-electron chi connectivity index (χ2n) is 5.29. The van der Waals surface area contributed by atoms with Gasteiger partial charge in [0.1, 0.15) is 0 Å². The zero-order chi connectivity index (χ0) is 17.2. The van der Waals surface area contributed by atoms with E-state index >= 15 is 0 Å². The summed E-state index contributed by atoms with van der Waals surface area (Å²) < 4.78 is 0. The van der Waals surface area contributed by atoms with Crippen molar-refractivity contribution >= 4 is 23.5 Å². The summed E-state index contributed by atoms with van der Waals surface area (Å²) in [4.78, 5) is 34.7. The van der Waals surface area contributed by atoms with Crippen molar-refractivity contribution in [2.75, 3.05) is 18.4 Å². The number of carbonyl (C=O) groups is 3. The van der Waals surface area contributed by atoms with Crippen LogP contribution in [0, 0.1) is 0 Å². The topological polar surface area (TPSA) is 99.3 Å². The van der Waals surface area contributed by atoms with Gasteiger partial charge in [0.05, 0.1) is 0 Å². The molecule has 0 aliphatic heterocycles. The second kappa shape index (κ2) is 9.45. The Bertz CT molecular complexity index is 541. The number of hydrogen-bond donors (Lipinski definition) is 4. The maximum Gasteiger partial charge on any atom is 0.319 e. The van der Waals surface area contributed by atoms with Crippen molar-refractivity contribution in [3.63, 3.8) is 0 Å².